The molecule has 0 bridgehead atoms. The third kappa shape index (κ3) is 1.38. The van der Waals surface area contributed by atoms with Crippen LogP contribution in [0.1, 0.15) is 5.56 Å². The van der Waals surface area contributed by atoms with E-state index >= 15 is 0 Å². The van der Waals surface area contributed by atoms with Gasteiger partial charge in [0.05, 0.1) is 11.3 Å². The number of nitrogens with one attached hydrogen (secondary N) is 2. The summed E-state index contributed by atoms with van der Waals surface area (Å²) < 4.78 is 0.831. The molecule has 0 spiro atoms. The monoisotopic (exact) mass is 217 g/mol. The number of anilines is 1. The van der Waals surface area contributed by atoms with Crippen LogP contribution in [0.15, 0.2) is 27.8 Å². The zero-order chi connectivity index (χ0) is 11.7. The molecule has 0 atom stereocenters. The van der Waals surface area contributed by atoms with Gasteiger partial charge in [0, 0.05) is 5.69 Å². The molecular weight excluding hydrogens is 210 g/mol. The molecule has 0 aliphatic heterocycles. The molecule has 7 heteroatoms. The Kier molecular flexibility index (Phi) is 2.10. The number of hydrogen-bond donors (Lipinski definition) is 3. The molecular formula is C9H7N5O2. The molecule has 4 N–H and O–H groups in total. The van der Waals surface area contributed by atoms with E-state index in [1.165, 1.54) is 18.2 Å². The first kappa shape index (κ1) is 9.79. The summed E-state index contributed by atoms with van der Waals surface area (Å²) in [5, 5.41) is 13.1. The van der Waals surface area contributed by atoms with Gasteiger partial charge in [-0.3, -0.25) is 0 Å². The largest absolute Gasteiger partial charge is 0.399 e. The van der Waals surface area contributed by atoms with Crippen molar-refractivity contribution in [3.05, 3.63) is 44.7 Å². The van der Waals surface area contributed by atoms with E-state index < -0.39 is 11.4 Å². The molecule has 2 rings (SSSR count). The van der Waals surface area contributed by atoms with Crippen LogP contribution in [-0.2, 0) is 0 Å². The molecule has 0 saturated carbocycles. The normalized spacial score (nSPS) is 9.94. The maximum absolute atomic E-state index is 11.3. The molecule has 2 aromatic rings. The zero-order valence-corrected chi connectivity index (χ0v) is 8.02. The Hall–Kier alpha value is -2.75. The van der Waals surface area contributed by atoms with Crippen LogP contribution in [0.2, 0.25) is 0 Å². The Morgan fingerprint density at radius 1 is 1.25 bits per heavy atom. The average molecular weight is 217 g/mol. The van der Waals surface area contributed by atoms with E-state index in [-0.39, 0.29) is 11.3 Å². The molecule has 0 amide bonds. The number of benzene rings is 1. The van der Waals surface area contributed by atoms with Crippen molar-refractivity contribution in [3.63, 3.8) is 0 Å². The summed E-state index contributed by atoms with van der Waals surface area (Å²) in [4.78, 5) is 22.7. The zero-order valence-electron chi connectivity index (χ0n) is 8.02. The third-order valence-electron chi connectivity index (χ3n) is 2.06. The van der Waals surface area contributed by atoms with E-state index in [2.05, 4.69) is 10.2 Å². The molecule has 0 unspecified atom stereocenters. The minimum absolute atomic E-state index is 0.159. The minimum Gasteiger partial charge on any atom is -0.399 e. The maximum Gasteiger partial charge on any atom is 0.349 e. The molecule has 7 nitrogen and oxygen atoms in total. The van der Waals surface area contributed by atoms with Gasteiger partial charge in [0.15, 0.2) is 0 Å². The summed E-state index contributed by atoms with van der Waals surface area (Å²) in [5.74, 6) is 0. The lowest BCUT2D eigenvalue weighted by Crippen LogP contribution is -2.25. The van der Waals surface area contributed by atoms with Crippen molar-refractivity contribution in [2.75, 3.05) is 5.73 Å². The minimum atomic E-state index is -0.633. The van der Waals surface area contributed by atoms with Gasteiger partial charge in [0.1, 0.15) is 6.07 Å². The van der Waals surface area contributed by atoms with Gasteiger partial charge >= 0.3 is 11.4 Å². The first-order valence-electron chi connectivity index (χ1n) is 4.33. The lowest BCUT2D eigenvalue weighted by molar-refractivity contribution is 0.948. The SMILES string of the molecule is N#Cc1cc(N)ccc1-n1c(=O)[nH][nH]c1=O. The third-order valence-corrected chi connectivity index (χ3v) is 2.06. The van der Waals surface area contributed by atoms with E-state index in [1.54, 1.807) is 0 Å². The number of H-pyrrole nitrogens is 2. The number of nitrogen functional groups attached to an aromatic ring is 1. The first-order chi connectivity index (χ1) is 7.63. The van der Waals surface area contributed by atoms with Crippen molar-refractivity contribution in [3.8, 4) is 11.8 Å². The highest BCUT2D eigenvalue weighted by atomic mass is 16.2. The van der Waals surface area contributed by atoms with Gasteiger partial charge in [-0.15, -0.1) is 0 Å². The van der Waals surface area contributed by atoms with Crippen molar-refractivity contribution in [2.24, 2.45) is 0 Å². The highest BCUT2D eigenvalue weighted by Gasteiger charge is 2.10. The van der Waals surface area contributed by atoms with E-state index in [0.717, 1.165) is 4.57 Å². The summed E-state index contributed by atoms with van der Waals surface area (Å²) in [7, 11) is 0. The topological polar surface area (TPSA) is 120 Å². The van der Waals surface area contributed by atoms with E-state index in [0.29, 0.717) is 5.69 Å². The highest BCUT2D eigenvalue weighted by Crippen LogP contribution is 2.14. The van der Waals surface area contributed by atoms with Gasteiger partial charge in [-0.2, -0.15) is 5.26 Å². The van der Waals surface area contributed by atoms with Gasteiger partial charge in [-0.05, 0) is 18.2 Å². The van der Waals surface area contributed by atoms with Crippen LogP contribution in [0.3, 0.4) is 0 Å². The summed E-state index contributed by atoms with van der Waals surface area (Å²) in [5.41, 5.74) is 4.98. The summed E-state index contributed by atoms with van der Waals surface area (Å²) in [6.07, 6.45) is 0. The van der Waals surface area contributed by atoms with Gasteiger partial charge in [0.2, 0.25) is 0 Å². The molecule has 80 valence electrons. The fourth-order valence-corrected chi connectivity index (χ4v) is 1.37. The second-order valence-electron chi connectivity index (χ2n) is 3.08. The molecule has 0 radical (unpaired) electrons. The van der Waals surface area contributed by atoms with Crippen LogP contribution >= 0.6 is 0 Å². The Morgan fingerprint density at radius 2 is 1.88 bits per heavy atom. The number of rotatable bonds is 1. The Balaban J connectivity index is 2.81. The fraction of sp³-hybridized carbons (Fsp3) is 0. The number of hydrogen-bond acceptors (Lipinski definition) is 4. The van der Waals surface area contributed by atoms with E-state index in [9.17, 15) is 9.59 Å². The molecule has 0 aliphatic rings. The molecule has 0 saturated heterocycles. The van der Waals surface area contributed by atoms with Crippen LogP contribution in [-0.4, -0.2) is 14.8 Å². The van der Waals surface area contributed by atoms with Crippen molar-refractivity contribution in [2.45, 2.75) is 0 Å². The highest BCUT2D eigenvalue weighted by molar-refractivity contribution is 5.56. The predicted molar refractivity (Wildman–Crippen MR) is 56.1 cm³/mol. The lowest BCUT2D eigenvalue weighted by atomic mass is 10.1. The predicted octanol–water partition coefficient (Wildman–Crippen LogP) is -0.692. The quantitative estimate of drug-likeness (QED) is 0.547. The lowest BCUT2D eigenvalue weighted by Gasteiger charge is -2.02. The van der Waals surface area contributed by atoms with Gasteiger partial charge in [-0.25, -0.2) is 24.4 Å². The molecule has 0 fully saturated rings. The molecule has 0 aliphatic carbocycles. The molecule has 1 aromatic heterocycles. The van der Waals surface area contributed by atoms with Crippen LogP contribution < -0.4 is 17.1 Å². The van der Waals surface area contributed by atoms with Crippen molar-refractivity contribution >= 4 is 5.69 Å². The van der Waals surface area contributed by atoms with Crippen LogP contribution in [0.25, 0.3) is 5.69 Å². The smallest absolute Gasteiger partial charge is 0.349 e. The average Bonchev–Trinajstić information content (AvgIpc) is 2.59. The maximum atomic E-state index is 11.3. The number of nitrogens with zero attached hydrogens (tertiary/aromatic N) is 2. The molecule has 1 heterocycles. The van der Waals surface area contributed by atoms with Gasteiger partial charge < -0.3 is 5.73 Å². The number of aromatic amines is 2. The molecule has 1 aromatic carbocycles. The number of aromatic nitrogens is 3. The van der Waals surface area contributed by atoms with Gasteiger partial charge in [-0.1, -0.05) is 0 Å². The standard InChI is InChI=1S/C9H7N5O2/c10-4-5-3-6(11)1-2-7(5)14-8(15)12-13-9(14)16/h1-3H,11H2,(H,12,15)(H,13,16). The summed E-state index contributed by atoms with van der Waals surface area (Å²) >= 11 is 0. The Bertz CT molecular complexity index is 657. The number of nitrogens with two attached hydrogens (primary N) is 1. The summed E-state index contributed by atoms with van der Waals surface area (Å²) in [6, 6.07) is 6.22. The Morgan fingerprint density at radius 3 is 2.44 bits per heavy atom. The van der Waals surface area contributed by atoms with Crippen molar-refractivity contribution in [1.29, 1.82) is 5.26 Å². The second-order valence-corrected chi connectivity index (χ2v) is 3.08. The summed E-state index contributed by atoms with van der Waals surface area (Å²) in [6.45, 7) is 0. The Labute approximate surface area is 88.7 Å². The van der Waals surface area contributed by atoms with Crippen LogP contribution in [0, 0.1) is 11.3 Å². The second kappa shape index (κ2) is 3.43. The first-order valence-corrected chi connectivity index (χ1v) is 4.33. The fourth-order valence-electron chi connectivity index (χ4n) is 1.37. The van der Waals surface area contributed by atoms with E-state index in [1.807, 2.05) is 6.07 Å². The number of nitriles is 1. The van der Waals surface area contributed by atoms with Crippen LogP contribution in [0.4, 0.5) is 5.69 Å². The van der Waals surface area contributed by atoms with E-state index in [4.69, 9.17) is 11.0 Å². The van der Waals surface area contributed by atoms with Crippen molar-refractivity contribution < 1.29 is 0 Å². The van der Waals surface area contributed by atoms with Gasteiger partial charge in [0.25, 0.3) is 0 Å². The van der Waals surface area contributed by atoms with Crippen molar-refractivity contribution in [1.82, 2.24) is 14.8 Å². The van der Waals surface area contributed by atoms with Crippen LogP contribution in [0.5, 0.6) is 0 Å². The molecule has 16 heavy (non-hydrogen) atoms.